The minimum Gasteiger partial charge on any atom is -0.439 e. The smallest absolute Gasteiger partial charge is 0.313 e. The first-order valence-corrected chi connectivity index (χ1v) is 8.99. The number of benzene rings is 1. The van der Waals surface area contributed by atoms with E-state index >= 15 is 0 Å². The molecule has 2 heterocycles. The summed E-state index contributed by atoms with van der Waals surface area (Å²) in [6.07, 6.45) is 5.49. The van der Waals surface area contributed by atoms with Gasteiger partial charge in [0.15, 0.2) is 0 Å². The molecule has 2 amide bonds. The number of fused-ring (bicyclic) bond motifs is 1. The molecule has 1 aromatic carbocycles. The van der Waals surface area contributed by atoms with E-state index < -0.39 is 11.8 Å². The third kappa shape index (κ3) is 4.17. The monoisotopic (exact) mass is 377 g/mol. The van der Waals surface area contributed by atoms with Gasteiger partial charge in [-0.3, -0.25) is 14.7 Å². The van der Waals surface area contributed by atoms with E-state index in [4.69, 9.17) is 4.74 Å². The van der Waals surface area contributed by atoms with Crippen molar-refractivity contribution in [2.24, 2.45) is 0 Å². The van der Waals surface area contributed by atoms with Crippen LogP contribution in [0.15, 0.2) is 54.9 Å². The Bertz CT molecular complexity index is 986. The fraction of sp³-hybridized carbons (Fsp3) is 0.200. The Hall–Kier alpha value is -3.68. The third-order valence-electron chi connectivity index (χ3n) is 4.52. The average molecular weight is 377 g/mol. The van der Waals surface area contributed by atoms with Gasteiger partial charge in [-0.2, -0.15) is 5.10 Å². The van der Waals surface area contributed by atoms with Gasteiger partial charge in [0.1, 0.15) is 5.75 Å². The van der Waals surface area contributed by atoms with Gasteiger partial charge >= 0.3 is 11.8 Å². The van der Waals surface area contributed by atoms with Crippen molar-refractivity contribution in [2.45, 2.75) is 25.3 Å². The maximum Gasteiger partial charge on any atom is 0.313 e. The quantitative estimate of drug-likeness (QED) is 0.604. The zero-order chi connectivity index (χ0) is 19.3. The fourth-order valence-corrected chi connectivity index (χ4v) is 3.13. The van der Waals surface area contributed by atoms with Crippen molar-refractivity contribution in [3.05, 3.63) is 66.1 Å². The van der Waals surface area contributed by atoms with Crippen molar-refractivity contribution in [3.8, 4) is 11.6 Å². The van der Waals surface area contributed by atoms with Gasteiger partial charge in [-0.1, -0.05) is 18.2 Å². The lowest BCUT2D eigenvalue weighted by atomic mass is 9.93. The number of rotatable bonds is 4. The summed E-state index contributed by atoms with van der Waals surface area (Å²) >= 11 is 0. The van der Waals surface area contributed by atoms with E-state index in [1.165, 1.54) is 6.20 Å². The number of pyridine rings is 1. The summed E-state index contributed by atoms with van der Waals surface area (Å²) in [7, 11) is 0. The normalized spacial score (nSPS) is 15.4. The lowest BCUT2D eigenvalue weighted by Gasteiger charge is -2.22. The highest BCUT2D eigenvalue weighted by atomic mass is 16.5. The first kappa shape index (κ1) is 17.7. The minimum atomic E-state index is -0.727. The number of aromatic nitrogens is 3. The summed E-state index contributed by atoms with van der Waals surface area (Å²) in [6.45, 7) is 0. The van der Waals surface area contributed by atoms with E-state index in [2.05, 4.69) is 25.8 Å². The number of aromatic amines is 1. The van der Waals surface area contributed by atoms with Gasteiger partial charge in [0.2, 0.25) is 5.88 Å². The summed E-state index contributed by atoms with van der Waals surface area (Å²) in [4.78, 5) is 28.6. The molecule has 142 valence electrons. The number of ether oxygens (including phenoxy) is 1. The van der Waals surface area contributed by atoms with E-state index in [9.17, 15) is 9.59 Å². The Kier molecular flexibility index (Phi) is 5.01. The van der Waals surface area contributed by atoms with Crippen LogP contribution >= 0.6 is 0 Å². The Morgan fingerprint density at radius 3 is 2.86 bits per heavy atom. The van der Waals surface area contributed by atoms with Crippen LogP contribution in [-0.2, 0) is 22.4 Å². The van der Waals surface area contributed by atoms with E-state index in [0.717, 1.165) is 24.1 Å². The van der Waals surface area contributed by atoms with Gasteiger partial charge in [0.25, 0.3) is 0 Å². The molecule has 0 saturated carbocycles. The maximum absolute atomic E-state index is 12.2. The van der Waals surface area contributed by atoms with Gasteiger partial charge in [-0.25, -0.2) is 4.98 Å². The second kappa shape index (κ2) is 7.91. The molecule has 1 aliphatic carbocycles. The number of H-pyrrole nitrogens is 1. The van der Waals surface area contributed by atoms with Crippen molar-refractivity contribution < 1.29 is 14.3 Å². The molecular formula is C20H19N5O3. The SMILES string of the molecule is O=C(Nc1ccnc(Oc2ccccc2)c1)C(=O)NC1CCc2[nH]ncc2C1. The molecule has 1 unspecified atom stereocenters. The zero-order valence-corrected chi connectivity index (χ0v) is 15.0. The number of carbonyl (C=O) groups is 2. The van der Waals surface area contributed by atoms with Crippen LogP contribution in [0.4, 0.5) is 5.69 Å². The summed E-state index contributed by atoms with van der Waals surface area (Å²) in [5.41, 5.74) is 2.60. The van der Waals surface area contributed by atoms with Crippen LogP contribution in [-0.4, -0.2) is 33.0 Å². The predicted molar refractivity (Wildman–Crippen MR) is 102 cm³/mol. The molecule has 0 saturated heterocycles. The molecule has 1 aliphatic rings. The number of para-hydroxylation sites is 1. The van der Waals surface area contributed by atoms with Crippen molar-refractivity contribution in [1.29, 1.82) is 0 Å². The fourth-order valence-electron chi connectivity index (χ4n) is 3.13. The first-order valence-electron chi connectivity index (χ1n) is 8.99. The summed E-state index contributed by atoms with van der Waals surface area (Å²) in [5.74, 6) is -0.439. The van der Waals surface area contributed by atoms with Crippen LogP contribution in [0.25, 0.3) is 0 Å². The molecule has 4 rings (SSSR count). The van der Waals surface area contributed by atoms with Crippen LogP contribution in [0.1, 0.15) is 17.7 Å². The molecule has 3 N–H and O–H groups in total. The highest BCUT2D eigenvalue weighted by Gasteiger charge is 2.24. The molecule has 0 aliphatic heterocycles. The second-order valence-electron chi connectivity index (χ2n) is 6.54. The molecular weight excluding hydrogens is 358 g/mol. The number of nitrogens with one attached hydrogen (secondary N) is 3. The highest BCUT2D eigenvalue weighted by Crippen LogP contribution is 2.21. The highest BCUT2D eigenvalue weighted by molar-refractivity contribution is 6.39. The van der Waals surface area contributed by atoms with Crippen LogP contribution in [0.2, 0.25) is 0 Å². The average Bonchev–Trinajstić information content (AvgIpc) is 3.17. The number of nitrogens with zero attached hydrogens (tertiary/aromatic N) is 2. The summed E-state index contributed by atoms with van der Waals surface area (Å²) in [5, 5.41) is 12.3. The molecule has 1 atom stereocenters. The Morgan fingerprint density at radius 1 is 1.14 bits per heavy atom. The van der Waals surface area contributed by atoms with E-state index in [1.807, 2.05) is 18.2 Å². The first-order chi connectivity index (χ1) is 13.7. The number of amides is 2. The third-order valence-corrected chi connectivity index (χ3v) is 4.52. The van der Waals surface area contributed by atoms with Crippen LogP contribution in [0, 0.1) is 0 Å². The minimum absolute atomic E-state index is 0.0854. The van der Waals surface area contributed by atoms with Gasteiger partial charge < -0.3 is 15.4 Å². The number of aryl methyl sites for hydroxylation is 1. The lowest BCUT2D eigenvalue weighted by Crippen LogP contribution is -2.44. The van der Waals surface area contributed by atoms with E-state index in [-0.39, 0.29) is 6.04 Å². The van der Waals surface area contributed by atoms with Crippen molar-refractivity contribution >= 4 is 17.5 Å². The largest absolute Gasteiger partial charge is 0.439 e. The Balaban J connectivity index is 1.34. The molecule has 0 radical (unpaired) electrons. The second-order valence-corrected chi connectivity index (χ2v) is 6.54. The molecule has 0 spiro atoms. The van der Waals surface area contributed by atoms with E-state index in [1.54, 1.807) is 30.5 Å². The van der Waals surface area contributed by atoms with Crippen LogP contribution < -0.4 is 15.4 Å². The predicted octanol–water partition coefficient (Wildman–Crippen LogP) is 2.21. The Labute approximate surface area is 161 Å². The summed E-state index contributed by atoms with van der Waals surface area (Å²) in [6, 6.07) is 12.3. The van der Waals surface area contributed by atoms with Crippen molar-refractivity contribution in [1.82, 2.24) is 20.5 Å². The number of hydrogen-bond donors (Lipinski definition) is 3. The molecule has 0 bridgehead atoms. The number of carbonyl (C=O) groups excluding carboxylic acids is 2. The molecule has 3 aromatic rings. The molecule has 8 nitrogen and oxygen atoms in total. The van der Waals surface area contributed by atoms with Crippen LogP contribution in [0.5, 0.6) is 11.6 Å². The number of anilines is 1. The van der Waals surface area contributed by atoms with E-state index in [0.29, 0.717) is 23.7 Å². The topological polar surface area (TPSA) is 109 Å². The lowest BCUT2D eigenvalue weighted by molar-refractivity contribution is -0.136. The van der Waals surface area contributed by atoms with Crippen molar-refractivity contribution in [2.75, 3.05) is 5.32 Å². The van der Waals surface area contributed by atoms with Crippen molar-refractivity contribution in [3.63, 3.8) is 0 Å². The van der Waals surface area contributed by atoms with Gasteiger partial charge in [0, 0.05) is 29.7 Å². The Morgan fingerprint density at radius 2 is 2.00 bits per heavy atom. The standard InChI is InChI=1S/C20H19N5O3/c26-19(23-14-6-7-17-13(10-14)12-22-25-17)20(27)24-15-8-9-21-18(11-15)28-16-4-2-1-3-5-16/h1-5,8-9,11-12,14H,6-7,10H2,(H,22,25)(H,23,26)(H,21,24,27). The molecule has 28 heavy (non-hydrogen) atoms. The van der Waals surface area contributed by atoms with Crippen LogP contribution in [0.3, 0.4) is 0 Å². The number of hydrogen-bond acceptors (Lipinski definition) is 5. The maximum atomic E-state index is 12.2. The zero-order valence-electron chi connectivity index (χ0n) is 15.0. The summed E-state index contributed by atoms with van der Waals surface area (Å²) < 4.78 is 5.64. The van der Waals surface area contributed by atoms with Gasteiger partial charge in [-0.15, -0.1) is 0 Å². The molecule has 8 heteroatoms. The molecule has 2 aromatic heterocycles. The molecule has 0 fully saturated rings. The van der Waals surface area contributed by atoms with Gasteiger partial charge in [0.05, 0.1) is 6.20 Å². The van der Waals surface area contributed by atoms with Gasteiger partial charge in [-0.05, 0) is 43.0 Å².